The van der Waals surface area contributed by atoms with Gasteiger partial charge < -0.3 is 5.32 Å². The van der Waals surface area contributed by atoms with Crippen LogP contribution in [-0.2, 0) is 13.0 Å². The zero-order chi connectivity index (χ0) is 13.8. The molecule has 0 bridgehead atoms. The van der Waals surface area contributed by atoms with Crippen LogP contribution in [0.2, 0.25) is 9.36 Å². The molecule has 0 aliphatic carbocycles. The van der Waals surface area contributed by atoms with E-state index < -0.39 is 0 Å². The summed E-state index contributed by atoms with van der Waals surface area (Å²) < 4.78 is 1.78. The molecule has 0 radical (unpaired) electrons. The summed E-state index contributed by atoms with van der Waals surface area (Å²) in [6.07, 6.45) is 0.959. The van der Waals surface area contributed by atoms with Gasteiger partial charge in [0.25, 0.3) is 0 Å². The third-order valence-corrected chi connectivity index (χ3v) is 5.46. The average Bonchev–Trinajstić information content (AvgIpc) is 2.66. The summed E-state index contributed by atoms with van der Waals surface area (Å²) in [4.78, 5) is 1.23. The van der Waals surface area contributed by atoms with Gasteiger partial charge in [0.05, 0.1) is 0 Å². The molecule has 1 heterocycles. The molecule has 1 aromatic heterocycles. The minimum Gasteiger partial charge on any atom is -0.309 e. The van der Waals surface area contributed by atoms with Crippen LogP contribution in [0.5, 0.6) is 0 Å². The van der Waals surface area contributed by atoms with E-state index in [0.29, 0.717) is 6.04 Å². The second kappa shape index (κ2) is 7.09. The molecule has 0 aliphatic rings. The summed E-state index contributed by atoms with van der Waals surface area (Å²) in [5, 5.41) is 4.29. The Morgan fingerprint density at radius 3 is 2.74 bits per heavy atom. The molecule has 1 N–H and O–H groups in total. The van der Waals surface area contributed by atoms with Gasteiger partial charge in [-0.2, -0.15) is 0 Å². The van der Waals surface area contributed by atoms with Crippen LogP contribution < -0.4 is 5.32 Å². The first-order valence-electron chi connectivity index (χ1n) is 5.96. The Morgan fingerprint density at radius 1 is 1.32 bits per heavy atom. The van der Waals surface area contributed by atoms with Crippen molar-refractivity contribution in [1.29, 1.82) is 0 Å². The molecule has 19 heavy (non-hydrogen) atoms. The monoisotopic (exact) mass is 377 g/mol. The maximum atomic E-state index is 6.02. The third kappa shape index (κ3) is 4.76. The highest BCUT2D eigenvalue weighted by molar-refractivity contribution is 9.10. The molecule has 102 valence electrons. The molecule has 1 aromatic carbocycles. The molecule has 0 spiro atoms. The van der Waals surface area contributed by atoms with E-state index in [1.54, 1.807) is 11.3 Å². The van der Waals surface area contributed by atoms with E-state index in [4.69, 9.17) is 23.2 Å². The Bertz CT molecular complexity index is 537. The Kier molecular flexibility index (Phi) is 5.72. The van der Waals surface area contributed by atoms with Crippen molar-refractivity contribution < 1.29 is 0 Å². The molecule has 1 unspecified atom stereocenters. The lowest BCUT2D eigenvalue weighted by Crippen LogP contribution is -2.27. The minimum absolute atomic E-state index is 0.387. The van der Waals surface area contributed by atoms with Crippen molar-refractivity contribution in [3.63, 3.8) is 0 Å². The predicted molar refractivity (Wildman–Crippen MR) is 88.5 cm³/mol. The first-order chi connectivity index (χ1) is 9.04. The van der Waals surface area contributed by atoms with E-state index in [2.05, 4.69) is 40.3 Å². The molecular weight excluding hydrogens is 365 g/mol. The van der Waals surface area contributed by atoms with Crippen LogP contribution in [0.15, 0.2) is 34.8 Å². The van der Waals surface area contributed by atoms with E-state index >= 15 is 0 Å². The summed E-state index contributed by atoms with van der Waals surface area (Å²) >= 11 is 17.0. The fourth-order valence-electron chi connectivity index (χ4n) is 1.84. The van der Waals surface area contributed by atoms with Crippen LogP contribution in [0.3, 0.4) is 0 Å². The molecule has 5 heteroatoms. The van der Waals surface area contributed by atoms with Gasteiger partial charge >= 0.3 is 0 Å². The van der Waals surface area contributed by atoms with Crippen molar-refractivity contribution in [2.75, 3.05) is 0 Å². The minimum atomic E-state index is 0.387. The molecule has 0 fully saturated rings. The molecule has 1 nitrogen and oxygen atoms in total. The van der Waals surface area contributed by atoms with Crippen molar-refractivity contribution in [3.05, 3.63) is 54.6 Å². The molecule has 0 saturated carbocycles. The van der Waals surface area contributed by atoms with Gasteiger partial charge in [-0.3, -0.25) is 0 Å². The van der Waals surface area contributed by atoms with Crippen molar-refractivity contribution in [2.24, 2.45) is 0 Å². The number of thiophene rings is 1. The third-order valence-electron chi connectivity index (χ3n) is 2.75. The lowest BCUT2D eigenvalue weighted by molar-refractivity contribution is 0.549. The SMILES string of the molecule is CC(Cc1cccc(Cl)c1)NCc1cc(Br)c(Cl)s1. The van der Waals surface area contributed by atoms with Gasteiger partial charge in [0.1, 0.15) is 4.34 Å². The largest absolute Gasteiger partial charge is 0.309 e. The van der Waals surface area contributed by atoms with E-state index in [1.807, 2.05) is 18.2 Å². The lowest BCUT2D eigenvalue weighted by Gasteiger charge is -2.13. The van der Waals surface area contributed by atoms with E-state index in [1.165, 1.54) is 10.4 Å². The maximum Gasteiger partial charge on any atom is 0.107 e. The van der Waals surface area contributed by atoms with Gasteiger partial charge in [-0.25, -0.2) is 0 Å². The van der Waals surface area contributed by atoms with Crippen LogP contribution in [0.4, 0.5) is 0 Å². The van der Waals surface area contributed by atoms with Crippen molar-refractivity contribution in [3.8, 4) is 0 Å². The summed E-state index contributed by atoms with van der Waals surface area (Å²) in [7, 11) is 0. The lowest BCUT2D eigenvalue weighted by atomic mass is 10.1. The molecule has 0 saturated heterocycles. The van der Waals surface area contributed by atoms with E-state index in [9.17, 15) is 0 Å². The first kappa shape index (κ1) is 15.3. The summed E-state index contributed by atoms with van der Waals surface area (Å²) in [5.41, 5.74) is 1.25. The number of hydrogen-bond acceptors (Lipinski definition) is 2. The highest BCUT2D eigenvalue weighted by atomic mass is 79.9. The van der Waals surface area contributed by atoms with Gasteiger partial charge in [-0.1, -0.05) is 35.3 Å². The molecular formula is C14H14BrCl2NS. The fourth-order valence-corrected chi connectivity index (χ4v) is 3.80. The Hall–Kier alpha value is -0.0600. The van der Waals surface area contributed by atoms with Gasteiger partial charge in [0.15, 0.2) is 0 Å². The number of nitrogens with one attached hydrogen (secondary N) is 1. The van der Waals surface area contributed by atoms with E-state index in [0.717, 1.165) is 26.8 Å². The quantitative estimate of drug-likeness (QED) is 0.720. The van der Waals surface area contributed by atoms with Crippen LogP contribution in [0.25, 0.3) is 0 Å². The maximum absolute atomic E-state index is 6.02. The predicted octanol–water partition coefficient (Wildman–Crippen LogP) is 5.54. The molecule has 0 amide bonds. The molecule has 0 aliphatic heterocycles. The highest BCUT2D eigenvalue weighted by Gasteiger charge is 2.07. The van der Waals surface area contributed by atoms with Crippen LogP contribution >= 0.6 is 50.5 Å². The first-order valence-corrected chi connectivity index (χ1v) is 8.32. The fraction of sp³-hybridized carbons (Fsp3) is 0.286. The smallest absolute Gasteiger partial charge is 0.107 e. The summed E-state index contributed by atoms with van der Waals surface area (Å²) in [6, 6.07) is 10.4. The normalized spacial score (nSPS) is 12.6. The number of benzene rings is 1. The Balaban J connectivity index is 1.86. The second-order valence-electron chi connectivity index (χ2n) is 4.45. The van der Waals surface area contributed by atoms with Crippen molar-refractivity contribution in [2.45, 2.75) is 25.9 Å². The van der Waals surface area contributed by atoms with Gasteiger partial charge in [0.2, 0.25) is 0 Å². The Labute approximate surface area is 136 Å². The molecule has 2 rings (SSSR count). The molecule has 1 atom stereocenters. The summed E-state index contributed by atoms with van der Waals surface area (Å²) in [6.45, 7) is 3.00. The van der Waals surface area contributed by atoms with Gasteiger partial charge in [-0.05, 0) is 53.0 Å². The van der Waals surface area contributed by atoms with Crippen LogP contribution in [0, 0.1) is 0 Å². The summed E-state index contributed by atoms with van der Waals surface area (Å²) in [5.74, 6) is 0. The van der Waals surface area contributed by atoms with Gasteiger partial charge in [0, 0.05) is 27.0 Å². The number of halogens is 3. The Morgan fingerprint density at radius 2 is 2.11 bits per heavy atom. The topological polar surface area (TPSA) is 12.0 Å². The van der Waals surface area contributed by atoms with Gasteiger partial charge in [-0.15, -0.1) is 11.3 Å². The van der Waals surface area contributed by atoms with Crippen LogP contribution in [-0.4, -0.2) is 6.04 Å². The number of rotatable bonds is 5. The van der Waals surface area contributed by atoms with Crippen molar-refractivity contribution in [1.82, 2.24) is 5.32 Å². The van der Waals surface area contributed by atoms with Crippen LogP contribution in [0.1, 0.15) is 17.4 Å². The second-order valence-corrected chi connectivity index (χ2v) is 7.48. The number of hydrogen-bond donors (Lipinski definition) is 1. The highest BCUT2D eigenvalue weighted by Crippen LogP contribution is 2.31. The molecule has 2 aromatic rings. The average molecular weight is 379 g/mol. The van der Waals surface area contributed by atoms with Crippen molar-refractivity contribution >= 4 is 50.5 Å². The zero-order valence-corrected chi connectivity index (χ0v) is 14.3. The standard InChI is InChI=1S/C14H14BrCl2NS/c1-9(5-10-3-2-4-11(16)6-10)18-8-12-7-13(15)14(17)19-12/h2-4,6-7,9,18H,5,8H2,1H3. The van der Waals surface area contributed by atoms with E-state index in [-0.39, 0.29) is 0 Å². The zero-order valence-electron chi connectivity index (χ0n) is 10.4.